The molecule has 284 valence electrons. The number of aliphatic hydroxyl groups is 5. The number of alkyl carbamates (subject to hydrolysis) is 1. The van der Waals surface area contributed by atoms with E-state index >= 15 is 0 Å². The number of ketones is 1. The maximum atomic E-state index is 14.4. The van der Waals surface area contributed by atoms with Gasteiger partial charge in [-0.05, 0) is 50.0 Å². The van der Waals surface area contributed by atoms with E-state index in [-0.39, 0.29) is 118 Å². The molecule has 52 heavy (non-hydrogen) atoms. The molecule has 15 nitrogen and oxygen atoms in total. The zero-order valence-corrected chi connectivity index (χ0v) is 40.0. The summed E-state index contributed by atoms with van der Waals surface area (Å²) in [6, 6.07) is 1.46. The van der Waals surface area contributed by atoms with Crippen LogP contribution in [0.5, 0.6) is 0 Å². The summed E-state index contributed by atoms with van der Waals surface area (Å²) in [5, 5.41) is 61.8. The van der Waals surface area contributed by atoms with Gasteiger partial charge in [-0.3, -0.25) is 9.59 Å². The average molecular weight is 1160 g/mol. The maximum absolute atomic E-state index is 14.4. The van der Waals surface area contributed by atoms with E-state index in [2.05, 4.69) is 5.32 Å². The first-order chi connectivity index (χ1) is 23.3. The molecule has 0 spiro atoms. The van der Waals surface area contributed by atoms with Crippen LogP contribution < -0.4 is 5.32 Å². The molecule has 0 aromatic carbocycles. The standard InChI is InChI=1S/C35H49NO14.2Ac/c1-8-18(9-2)49-31(43)36-24(19-11-10-12-46-19)26(40)30(42)50-20-14-35(45)29(48-17(4)37)27-33(7,21(38)13-22-34(27,44)15-47-22)28(41)25(39)23(16(20)3)32(35,5)6;;/h10-12,18,20-22,24-27,29,38-40,44-45H,8-9,13-15H2,1-7H3,(H,36,43);;/t20-,21-,22+,24-,25+,26+,27-,29-,33+,34-,35+;;/m0../s1. The van der Waals surface area contributed by atoms with Crippen LogP contribution in [0, 0.1) is 105 Å². The van der Waals surface area contributed by atoms with Crippen LogP contribution in [0.2, 0.25) is 0 Å². The second-order valence-corrected chi connectivity index (χ2v) is 14.8. The number of aliphatic hydroxyl groups excluding tert-OH is 3. The molecule has 3 fully saturated rings. The van der Waals surface area contributed by atoms with Crippen molar-refractivity contribution in [3.63, 3.8) is 0 Å². The molecule has 1 aliphatic heterocycles. The summed E-state index contributed by atoms with van der Waals surface area (Å²) in [6.07, 6.45) is -9.17. The summed E-state index contributed by atoms with van der Waals surface area (Å²) < 4.78 is 28.0. The number of carbonyl (C=O) groups is 4. The third-order valence-corrected chi connectivity index (χ3v) is 11.8. The van der Waals surface area contributed by atoms with Gasteiger partial charge in [0.2, 0.25) is 0 Å². The van der Waals surface area contributed by atoms with Crippen molar-refractivity contribution in [2.75, 3.05) is 6.61 Å². The van der Waals surface area contributed by atoms with Crippen molar-refractivity contribution in [2.24, 2.45) is 16.7 Å². The Morgan fingerprint density at radius 1 is 1.08 bits per heavy atom. The second-order valence-electron chi connectivity index (χ2n) is 14.8. The molecule has 4 aliphatic rings. The van der Waals surface area contributed by atoms with Crippen molar-refractivity contribution in [1.82, 2.24) is 5.32 Å². The molecule has 1 aromatic rings. The van der Waals surface area contributed by atoms with Crippen LogP contribution in [0.4, 0.5) is 4.79 Å². The van der Waals surface area contributed by atoms with Crippen LogP contribution >= 0.6 is 0 Å². The molecule has 11 atom stereocenters. The molecule has 0 unspecified atom stereocenters. The molecule has 2 heterocycles. The number of hydrogen-bond donors (Lipinski definition) is 6. The first-order valence-corrected chi connectivity index (χ1v) is 17.0. The molecule has 1 saturated heterocycles. The Morgan fingerprint density at radius 2 is 1.71 bits per heavy atom. The van der Waals surface area contributed by atoms with Crippen molar-refractivity contribution in [3.8, 4) is 0 Å². The van der Waals surface area contributed by atoms with Gasteiger partial charge in [-0.15, -0.1) is 0 Å². The van der Waals surface area contributed by atoms with Crippen LogP contribution in [0.25, 0.3) is 0 Å². The van der Waals surface area contributed by atoms with Gasteiger partial charge in [-0.1, -0.05) is 27.7 Å². The van der Waals surface area contributed by atoms with Crippen LogP contribution in [0.15, 0.2) is 34.0 Å². The normalized spacial score (nSPS) is 35.8. The molecule has 17 heteroatoms. The number of carbonyl (C=O) groups excluding carboxylic acids is 4. The Bertz CT molecular complexity index is 1530. The number of fused-ring (bicyclic) bond motifs is 5. The second kappa shape index (κ2) is 17.0. The van der Waals surface area contributed by atoms with Crippen molar-refractivity contribution in [1.29, 1.82) is 0 Å². The fourth-order valence-corrected chi connectivity index (χ4v) is 8.69. The molecule has 1 amide bonds. The summed E-state index contributed by atoms with van der Waals surface area (Å²) in [7, 11) is 0. The van der Waals surface area contributed by atoms with Gasteiger partial charge in [0.15, 0.2) is 11.9 Å². The zero-order chi connectivity index (χ0) is 37.1. The number of ether oxygens (including phenoxy) is 4. The SMILES string of the molecule is CCC(CC)OC(=O)N[C@@H](c1ccco1)[C@@H](O)C(=O)O[C@H]1C[C@@]2(O)[C@@H](OC(C)=O)[C@@H]3[C@]4(O)CO[C@@H]4C[C@H](O)[C@@]3(C)C(=O)[C@H](O)C(=C1C)C2(C)C.[Ac].[Ac]. The molecule has 6 N–H and O–H groups in total. The number of nitrogens with one attached hydrogen (secondary N) is 1. The number of hydrogen-bond acceptors (Lipinski definition) is 14. The van der Waals surface area contributed by atoms with Gasteiger partial charge in [0, 0.05) is 119 Å². The Balaban J connectivity index is 0.00000364. The molecular weight excluding hydrogens is 1110 g/mol. The number of esters is 2. The van der Waals surface area contributed by atoms with Crippen molar-refractivity contribution in [3.05, 3.63) is 35.3 Å². The zero-order valence-electron chi connectivity index (χ0n) is 30.5. The molecule has 5 rings (SSSR count). The fourth-order valence-electron chi connectivity index (χ4n) is 8.69. The van der Waals surface area contributed by atoms with E-state index in [1.54, 1.807) is 0 Å². The summed E-state index contributed by atoms with van der Waals surface area (Å²) in [5.74, 6) is -4.47. The van der Waals surface area contributed by atoms with Gasteiger partial charge in [0.05, 0.1) is 30.5 Å². The van der Waals surface area contributed by atoms with Gasteiger partial charge >= 0.3 is 18.0 Å². The van der Waals surface area contributed by atoms with Gasteiger partial charge in [0.1, 0.15) is 47.4 Å². The predicted molar refractivity (Wildman–Crippen MR) is 171 cm³/mol. The Hall–Kier alpha value is -0.457. The summed E-state index contributed by atoms with van der Waals surface area (Å²) in [6.45, 7) is 10.4. The first-order valence-electron chi connectivity index (χ1n) is 17.0. The number of rotatable bonds is 9. The fraction of sp³-hybridized carbons (Fsp3) is 0.714. The largest absolute Gasteiger partial charge is 0.467 e. The van der Waals surface area contributed by atoms with Crippen LogP contribution in [0.3, 0.4) is 0 Å². The summed E-state index contributed by atoms with van der Waals surface area (Å²) >= 11 is 0. The minimum absolute atomic E-state index is 0. The predicted octanol–water partition coefficient (Wildman–Crippen LogP) is 1.38. The molecule has 2 radical (unpaired) electrons. The average Bonchev–Trinajstić information content (AvgIpc) is 3.59. The smallest absolute Gasteiger partial charge is 0.408 e. The van der Waals surface area contributed by atoms with E-state index in [0.717, 1.165) is 6.92 Å². The summed E-state index contributed by atoms with van der Waals surface area (Å²) in [4.78, 5) is 53.6. The number of amides is 1. The number of furan rings is 1. The van der Waals surface area contributed by atoms with Crippen molar-refractivity contribution < 1.29 is 156 Å². The van der Waals surface area contributed by atoms with E-state index in [0.29, 0.717) is 12.8 Å². The molecule has 2 saturated carbocycles. The summed E-state index contributed by atoms with van der Waals surface area (Å²) in [5.41, 5.74) is -7.44. The van der Waals surface area contributed by atoms with E-state index < -0.39 is 107 Å². The third kappa shape index (κ3) is 7.53. The molecule has 1 aromatic heterocycles. The first kappa shape index (κ1) is 45.9. The van der Waals surface area contributed by atoms with Gasteiger partial charge in [0.25, 0.3) is 0 Å². The van der Waals surface area contributed by atoms with E-state index in [1.807, 2.05) is 13.8 Å². The van der Waals surface area contributed by atoms with E-state index in [9.17, 15) is 44.7 Å². The maximum Gasteiger partial charge on any atom is 0.408 e. The minimum atomic E-state index is -2.25. The van der Waals surface area contributed by atoms with E-state index in [4.69, 9.17) is 23.4 Å². The van der Waals surface area contributed by atoms with Gasteiger partial charge in [-0.25, -0.2) is 9.59 Å². The quantitative estimate of drug-likeness (QED) is 0.117. The monoisotopic (exact) mass is 1160 g/mol. The van der Waals surface area contributed by atoms with Crippen LogP contribution in [-0.4, -0.2) is 110 Å². The molecule has 3 aliphatic carbocycles. The molecular formula is C35H49Ac2NO14. The Kier molecular flexibility index (Phi) is 15.0. The van der Waals surface area contributed by atoms with Crippen molar-refractivity contribution in [2.45, 2.75) is 134 Å². The van der Waals surface area contributed by atoms with Crippen LogP contribution in [0.1, 0.15) is 86.0 Å². The minimum Gasteiger partial charge on any atom is -0.467 e. The van der Waals surface area contributed by atoms with Gasteiger partial charge in [-0.2, -0.15) is 0 Å². The topological polar surface area (TPSA) is 232 Å². The number of Topliss-reactive ketones (excluding diaryl/α,β-unsaturated/α-hetero) is 1. The molecule has 2 bridgehead atoms. The Morgan fingerprint density at radius 3 is 2.23 bits per heavy atom. The van der Waals surface area contributed by atoms with Crippen molar-refractivity contribution >= 4 is 23.8 Å². The third-order valence-electron chi connectivity index (χ3n) is 11.8. The van der Waals surface area contributed by atoms with E-state index in [1.165, 1.54) is 46.1 Å². The Labute approximate surface area is 374 Å². The van der Waals surface area contributed by atoms with Gasteiger partial charge < -0.3 is 54.2 Å². The van der Waals surface area contributed by atoms with Crippen LogP contribution in [-0.2, 0) is 33.3 Å².